The third kappa shape index (κ3) is 2.82. The van der Waals surface area contributed by atoms with E-state index in [2.05, 4.69) is 36.4 Å². The Morgan fingerprint density at radius 1 is 0.591 bits per heavy atom. The van der Waals surface area contributed by atoms with Gasteiger partial charge in [-0.05, 0) is 34.9 Å². The van der Waals surface area contributed by atoms with Crippen LogP contribution in [0.15, 0.2) is 72.8 Å². The fourth-order valence-corrected chi connectivity index (χ4v) is 2.53. The zero-order chi connectivity index (χ0) is 15.4. The molecule has 0 aromatic heterocycles. The van der Waals surface area contributed by atoms with E-state index in [4.69, 9.17) is 9.47 Å². The summed E-state index contributed by atoms with van der Waals surface area (Å²) in [6, 6.07) is 24.6. The van der Waals surface area contributed by atoms with Crippen molar-refractivity contribution in [1.82, 2.24) is 0 Å². The predicted molar refractivity (Wildman–Crippen MR) is 90.4 cm³/mol. The minimum Gasteiger partial charge on any atom is -0.497 e. The maximum atomic E-state index is 5.59. The van der Waals surface area contributed by atoms with Gasteiger partial charge < -0.3 is 9.47 Å². The normalized spacial score (nSPS) is 10.3. The molecule has 0 saturated heterocycles. The SMILES string of the molecule is COc1cccc(-c2ccc(-c3ccccc3)cc2OC)c1. The number of benzene rings is 3. The van der Waals surface area contributed by atoms with Crippen LogP contribution in [0.3, 0.4) is 0 Å². The van der Waals surface area contributed by atoms with E-state index in [1.165, 1.54) is 5.56 Å². The van der Waals surface area contributed by atoms with Crippen molar-refractivity contribution in [1.29, 1.82) is 0 Å². The van der Waals surface area contributed by atoms with Gasteiger partial charge in [0.15, 0.2) is 0 Å². The maximum Gasteiger partial charge on any atom is 0.127 e. The molecule has 0 bridgehead atoms. The summed E-state index contributed by atoms with van der Waals surface area (Å²) in [5.41, 5.74) is 4.46. The maximum absolute atomic E-state index is 5.59. The molecule has 2 heteroatoms. The van der Waals surface area contributed by atoms with Gasteiger partial charge in [-0.15, -0.1) is 0 Å². The molecule has 0 radical (unpaired) electrons. The Morgan fingerprint density at radius 2 is 1.36 bits per heavy atom. The first-order valence-electron chi connectivity index (χ1n) is 7.19. The topological polar surface area (TPSA) is 18.5 Å². The van der Waals surface area contributed by atoms with Gasteiger partial charge in [0.05, 0.1) is 14.2 Å². The van der Waals surface area contributed by atoms with E-state index >= 15 is 0 Å². The van der Waals surface area contributed by atoms with Gasteiger partial charge in [0.25, 0.3) is 0 Å². The second-order valence-electron chi connectivity index (χ2n) is 5.01. The highest BCUT2D eigenvalue weighted by molar-refractivity contribution is 5.77. The van der Waals surface area contributed by atoms with Crippen molar-refractivity contribution >= 4 is 0 Å². The molecular weight excluding hydrogens is 272 g/mol. The summed E-state index contributed by atoms with van der Waals surface area (Å²) < 4.78 is 10.9. The standard InChI is InChI=1S/C20H18O2/c1-21-18-10-6-9-17(13-18)19-12-11-16(14-20(19)22-2)15-7-4-3-5-8-15/h3-14H,1-2H3. The van der Waals surface area contributed by atoms with Gasteiger partial charge in [0, 0.05) is 5.56 Å². The average molecular weight is 290 g/mol. The van der Waals surface area contributed by atoms with Crippen molar-refractivity contribution in [2.75, 3.05) is 14.2 Å². The summed E-state index contributed by atoms with van der Waals surface area (Å²) in [5, 5.41) is 0. The molecule has 3 rings (SSSR count). The van der Waals surface area contributed by atoms with Crippen LogP contribution in [0.4, 0.5) is 0 Å². The molecule has 2 nitrogen and oxygen atoms in total. The van der Waals surface area contributed by atoms with E-state index in [0.29, 0.717) is 0 Å². The average Bonchev–Trinajstić information content (AvgIpc) is 2.62. The Morgan fingerprint density at radius 3 is 2.09 bits per heavy atom. The van der Waals surface area contributed by atoms with E-state index < -0.39 is 0 Å². The Labute approximate surface area is 131 Å². The molecule has 0 amide bonds. The highest BCUT2D eigenvalue weighted by atomic mass is 16.5. The monoisotopic (exact) mass is 290 g/mol. The summed E-state index contributed by atoms with van der Waals surface area (Å²) in [6.45, 7) is 0. The Hall–Kier alpha value is -2.74. The van der Waals surface area contributed by atoms with Crippen LogP contribution in [0.25, 0.3) is 22.3 Å². The summed E-state index contributed by atoms with van der Waals surface area (Å²) in [7, 11) is 3.38. The molecule has 3 aromatic carbocycles. The van der Waals surface area contributed by atoms with Crippen LogP contribution in [0.1, 0.15) is 0 Å². The van der Waals surface area contributed by atoms with Gasteiger partial charge in [-0.1, -0.05) is 54.6 Å². The molecule has 0 heterocycles. The van der Waals surface area contributed by atoms with Gasteiger partial charge >= 0.3 is 0 Å². The van der Waals surface area contributed by atoms with E-state index in [1.807, 2.05) is 36.4 Å². The minimum absolute atomic E-state index is 0.840. The molecule has 110 valence electrons. The highest BCUT2D eigenvalue weighted by Crippen LogP contribution is 2.35. The lowest BCUT2D eigenvalue weighted by Gasteiger charge is -2.12. The van der Waals surface area contributed by atoms with Gasteiger partial charge in [-0.2, -0.15) is 0 Å². The molecule has 22 heavy (non-hydrogen) atoms. The second kappa shape index (κ2) is 6.35. The van der Waals surface area contributed by atoms with Crippen molar-refractivity contribution in [3.8, 4) is 33.8 Å². The first-order chi connectivity index (χ1) is 10.8. The van der Waals surface area contributed by atoms with E-state index in [0.717, 1.165) is 28.2 Å². The van der Waals surface area contributed by atoms with Gasteiger partial charge in [-0.25, -0.2) is 0 Å². The summed E-state index contributed by atoms with van der Waals surface area (Å²) in [6.07, 6.45) is 0. The summed E-state index contributed by atoms with van der Waals surface area (Å²) in [4.78, 5) is 0. The molecule has 0 aliphatic carbocycles. The van der Waals surface area contributed by atoms with E-state index in [-0.39, 0.29) is 0 Å². The summed E-state index contributed by atoms with van der Waals surface area (Å²) in [5.74, 6) is 1.70. The predicted octanol–water partition coefficient (Wildman–Crippen LogP) is 5.04. The van der Waals surface area contributed by atoms with Crippen LogP contribution in [-0.4, -0.2) is 14.2 Å². The molecule has 0 aliphatic heterocycles. The number of hydrogen-bond acceptors (Lipinski definition) is 2. The van der Waals surface area contributed by atoms with Crippen molar-refractivity contribution < 1.29 is 9.47 Å². The van der Waals surface area contributed by atoms with Crippen LogP contribution < -0.4 is 9.47 Å². The van der Waals surface area contributed by atoms with Crippen LogP contribution in [-0.2, 0) is 0 Å². The lowest BCUT2D eigenvalue weighted by Crippen LogP contribution is -1.90. The molecule has 0 saturated carbocycles. The molecule has 0 atom stereocenters. The first-order valence-corrected chi connectivity index (χ1v) is 7.19. The number of rotatable bonds is 4. The van der Waals surface area contributed by atoms with Crippen molar-refractivity contribution in [2.45, 2.75) is 0 Å². The lowest BCUT2D eigenvalue weighted by molar-refractivity contribution is 0.414. The largest absolute Gasteiger partial charge is 0.497 e. The van der Waals surface area contributed by atoms with Crippen LogP contribution in [0.5, 0.6) is 11.5 Å². The summed E-state index contributed by atoms with van der Waals surface area (Å²) >= 11 is 0. The number of ether oxygens (including phenoxy) is 2. The Kier molecular flexibility index (Phi) is 4.10. The van der Waals surface area contributed by atoms with Gasteiger partial charge in [0.2, 0.25) is 0 Å². The third-order valence-electron chi connectivity index (χ3n) is 3.69. The molecule has 0 unspecified atom stereocenters. The molecule has 0 N–H and O–H groups in total. The molecular formula is C20H18O2. The molecule has 0 fully saturated rings. The number of methoxy groups -OCH3 is 2. The van der Waals surface area contributed by atoms with Crippen LogP contribution in [0.2, 0.25) is 0 Å². The molecule has 0 spiro atoms. The zero-order valence-electron chi connectivity index (χ0n) is 12.7. The fourth-order valence-electron chi connectivity index (χ4n) is 2.53. The quantitative estimate of drug-likeness (QED) is 0.670. The minimum atomic E-state index is 0.840. The Balaban J connectivity index is 2.06. The van der Waals surface area contributed by atoms with Gasteiger partial charge in [0.1, 0.15) is 11.5 Å². The van der Waals surface area contributed by atoms with Gasteiger partial charge in [-0.3, -0.25) is 0 Å². The van der Waals surface area contributed by atoms with E-state index in [1.54, 1.807) is 14.2 Å². The smallest absolute Gasteiger partial charge is 0.127 e. The van der Waals surface area contributed by atoms with E-state index in [9.17, 15) is 0 Å². The third-order valence-corrected chi connectivity index (χ3v) is 3.69. The lowest BCUT2D eigenvalue weighted by atomic mass is 9.99. The van der Waals surface area contributed by atoms with Crippen molar-refractivity contribution in [3.63, 3.8) is 0 Å². The Bertz CT molecular complexity index is 764. The highest BCUT2D eigenvalue weighted by Gasteiger charge is 2.09. The second-order valence-corrected chi connectivity index (χ2v) is 5.01. The molecule has 3 aromatic rings. The van der Waals surface area contributed by atoms with Crippen LogP contribution in [0, 0.1) is 0 Å². The van der Waals surface area contributed by atoms with Crippen molar-refractivity contribution in [3.05, 3.63) is 72.8 Å². The van der Waals surface area contributed by atoms with Crippen molar-refractivity contribution in [2.24, 2.45) is 0 Å². The molecule has 0 aliphatic rings. The van der Waals surface area contributed by atoms with Crippen LogP contribution >= 0.6 is 0 Å². The number of hydrogen-bond donors (Lipinski definition) is 0. The zero-order valence-corrected chi connectivity index (χ0v) is 12.7. The first kappa shape index (κ1) is 14.2. The fraction of sp³-hybridized carbons (Fsp3) is 0.100.